The van der Waals surface area contributed by atoms with Gasteiger partial charge in [0.25, 0.3) is 0 Å². The van der Waals surface area contributed by atoms with Crippen LogP contribution in [0, 0.1) is 5.82 Å². The Morgan fingerprint density at radius 2 is 2.17 bits per heavy atom. The van der Waals surface area contributed by atoms with E-state index in [0.717, 1.165) is 0 Å². The summed E-state index contributed by atoms with van der Waals surface area (Å²) in [6.45, 7) is -0.204. The van der Waals surface area contributed by atoms with E-state index in [1.54, 1.807) is 0 Å². The lowest BCUT2D eigenvalue weighted by molar-refractivity contribution is 0.281. The van der Waals surface area contributed by atoms with Gasteiger partial charge >= 0.3 is 0 Å². The van der Waals surface area contributed by atoms with E-state index in [0.29, 0.717) is 20.8 Å². The largest absolute Gasteiger partial charge is 0.439 e. The Balaban J connectivity index is 2.25. The van der Waals surface area contributed by atoms with Crippen LogP contribution in [0.5, 0.6) is 11.6 Å². The minimum atomic E-state index is -0.373. The molecule has 6 heteroatoms. The minimum Gasteiger partial charge on any atom is -0.439 e. The number of nitrogens with zero attached hydrogens (tertiary/aromatic N) is 1. The van der Waals surface area contributed by atoms with Gasteiger partial charge in [0.1, 0.15) is 11.6 Å². The number of aromatic nitrogens is 1. The Kier molecular flexibility index (Phi) is 4.16. The van der Waals surface area contributed by atoms with Gasteiger partial charge in [-0.25, -0.2) is 9.37 Å². The van der Waals surface area contributed by atoms with Crippen LogP contribution in [0.4, 0.5) is 4.39 Å². The highest BCUT2D eigenvalue weighted by Gasteiger charge is 2.06. The molecule has 0 saturated heterocycles. The highest BCUT2D eigenvalue weighted by Crippen LogP contribution is 2.27. The van der Waals surface area contributed by atoms with Gasteiger partial charge in [0.15, 0.2) is 0 Å². The fourth-order valence-electron chi connectivity index (χ4n) is 1.30. The number of halogens is 3. The van der Waals surface area contributed by atoms with Gasteiger partial charge in [-0.3, -0.25) is 0 Å². The predicted octanol–water partition coefficient (Wildman–Crippen LogP) is 3.92. The number of hydrogen-bond acceptors (Lipinski definition) is 3. The first-order valence-electron chi connectivity index (χ1n) is 4.98. The monoisotopic (exact) mass is 331 g/mol. The summed E-state index contributed by atoms with van der Waals surface area (Å²) in [5.74, 6) is 0.339. The van der Waals surface area contributed by atoms with Gasteiger partial charge in [0.2, 0.25) is 5.88 Å². The van der Waals surface area contributed by atoms with E-state index in [9.17, 15) is 4.39 Å². The van der Waals surface area contributed by atoms with Crippen LogP contribution in [0.25, 0.3) is 0 Å². The zero-order chi connectivity index (χ0) is 13.1. The van der Waals surface area contributed by atoms with Gasteiger partial charge in [-0.2, -0.15) is 0 Å². The van der Waals surface area contributed by atoms with E-state index in [1.165, 1.54) is 30.5 Å². The van der Waals surface area contributed by atoms with Crippen molar-refractivity contribution in [3.8, 4) is 11.6 Å². The van der Waals surface area contributed by atoms with Crippen molar-refractivity contribution >= 4 is 27.5 Å². The van der Waals surface area contributed by atoms with Crippen molar-refractivity contribution in [2.75, 3.05) is 0 Å². The molecule has 0 bridgehead atoms. The van der Waals surface area contributed by atoms with Crippen molar-refractivity contribution < 1.29 is 14.2 Å². The highest BCUT2D eigenvalue weighted by atomic mass is 79.9. The number of hydrogen-bond donors (Lipinski definition) is 1. The first-order valence-corrected chi connectivity index (χ1v) is 6.15. The number of aliphatic hydroxyl groups is 1. The molecule has 0 saturated carbocycles. The second-order valence-electron chi connectivity index (χ2n) is 3.45. The van der Waals surface area contributed by atoms with E-state index in [4.69, 9.17) is 21.4 Å². The van der Waals surface area contributed by atoms with Gasteiger partial charge in [0, 0.05) is 17.8 Å². The molecule has 2 rings (SSSR count). The molecule has 94 valence electrons. The van der Waals surface area contributed by atoms with Gasteiger partial charge < -0.3 is 9.84 Å². The van der Waals surface area contributed by atoms with E-state index in [2.05, 4.69) is 20.9 Å². The normalized spacial score (nSPS) is 10.4. The van der Waals surface area contributed by atoms with Crippen LogP contribution in [0.15, 0.2) is 34.9 Å². The van der Waals surface area contributed by atoms with Crippen LogP contribution in [0.2, 0.25) is 5.02 Å². The molecule has 3 nitrogen and oxygen atoms in total. The van der Waals surface area contributed by atoms with Gasteiger partial charge in [0.05, 0.1) is 16.1 Å². The predicted molar refractivity (Wildman–Crippen MR) is 69.3 cm³/mol. The molecule has 1 aromatic carbocycles. The summed E-state index contributed by atoms with van der Waals surface area (Å²) >= 11 is 8.87. The van der Waals surface area contributed by atoms with E-state index in [1.807, 2.05) is 0 Å². The Hall–Kier alpha value is -1.17. The average Bonchev–Trinajstić information content (AvgIpc) is 2.36. The molecule has 0 aliphatic carbocycles. The molecule has 1 heterocycles. The van der Waals surface area contributed by atoms with E-state index < -0.39 is 0 Å². The van der Waals surface area contributed by atoms with E-state index >= 15 is 0 Å². The van der Waals surface area contributed by atoms with Crippen molar-refractivity contribution in [3.05, 3.63) is 51.3 Å². The van der Waals surface area contributed by atoms with Crippen LogP contribution >= 0.6 is 27.5 Å². The smallest absolute Gasteiger partial charge is 0.219 e. The fraction of sp³-hybridized carbons (Fsp3) is 0.0833. The lowest BCUT2D eigenvalue weighted by Crippen LogP contribution is -1.92. The molecule has 1 N–H and O–H groups in total. The van der Waals surface area contributed by atoms with Crippen molar-refractivity contribution in [1.29, 1.82) is 0 Å². The van der Waals surface area contributed by atoms with Crippen LogP contribution in [0.3, 0.4) is 0 Å². The molecule has 0 amide bonds. The lowest BCUT2D eigenvalue weighted by atomic mass is 10.3. The molecule has 0 radical (unpaired) electrons. The number of rotatable bonds is 3. The molecule has 0 atom stereocenters. The zero-order valence-electron chi connectivity index (χ0n) is 9.03. The standard InChI is InChI=1S/C12H8BrClFNO2/c13-9-4-8(1-2-11(9)15)18-12-3-7(6-17)10(14)5-16-12/h1-5,17H,6H2. The van der Waals surface area contributed by atoms with Crippen molar-refractivity contribution in [2.45, 2.75) is 6.61 Å². The van der Waals surface area contributed by atoms with Crippen molar-refractivity contribution in [3.63, 3.8) is 0 Å². The minimum absolute atomic E-state index is 0.204. The summed E-state index contributed by atoms with van der Waals surface area (Å²) in [4.78, 5) is 3.96. The van der Waals surface area contributed by atoms with Crippen molar-refractivity contribution in [1.82, 2.24) is 4.98 Å². The number of ether oxygens (including phenoxy) is 1. The van der Waals surface area contributed by atoms with Gasteiger partial charge in [-0.15, -0.1) is 0 Å². The number of pyridine rings is 1. The summed E-state index contributed by atoms with van der Waals surface area (Å²) in [6.07, 6.45) is 1.39. The third-order valence-electron chi connectivity index (χ3n) is 2.19. The summed E-state index contributed by atoms with van der Waals surface area (Å²) in [6, 6.07) is 5.78. The topological polar surface area (TPSA) is 42.4 Å². The fourth-order valence-corrected chi connectivity index (χ4v) is 1.82. The molecule has 2 aromatic rings. The maximum Gasteiger partial charge on any atom is 0.219 e. The van der Waals surface area contributed by atoms with Crippen molar-refractivity contribution in [2.24, 2.45) is 0 Å². The summed E-state index contributed by atoms with van der Waals surface area (Å²) in [7, 11) is 0. The van der Waals surface area contributed by atoms with Gasteiger partial charge in [-0.05, 0) is 34.1 Å². The number of benzene rings is 1. The van der Waals surface area contributed by atoms with Crippen LogP contribution in [-0.4, -0.2) is 10.1 Å². The SMILES string of the molecule is OCc1cc(Oc2ccc(F)c(Br)c2)ncc1Cl. The molecule has 0 spiro atoms. The highest BCUT2D eigenvalue weighted by molar-refractivity contribution is 9.10. The number of aliphatic hydroxyl groups excluding tert-OH is 1. The molecular formula is C12H8BrClFNO2. The van der Waals surface area contributed by atoms with Crippen LogP contribution < -0.4 is 4.74 Å². The third kappa shape index (κ3) is 2.98. The second-order valence-corrected chi connectivity index (χ2v) is 4.71. The zero-order valence-corrected chi connectivity index (χ0v) is 11.4. The molecule has 0 unspecified atom stereocenters. The first kappa shape index (κ1) is 13.3. The first-order chi connectivity index (χ1) is 8.60. The molecular weight excluding hydrogens is 324 g/mol. The summed E-state index contributed by atoms with van der Waals surface area (Å²) < 4.78 is 18.8. The Labute approximate surface area is 116 Å². The maximum atomic E-state index is 13.0. The molecule has 18 heavy (non-hydrogen) atoms. The maximum absolute atomic E-state index is 13.0. The van der Waals surface area contributed by atoms with Crippen LogP contribution in [0.1, 0.15) is 5.56 Å². The van der Waals surface area contributed by atoms with Crippen LogP contribution in [-0.2, 0) is 6.61 Å². The second kappa shape index (κ2) is 5.65. The lowest BCUT2D eigenvalue weighted by Gasteiger charge is -2.07. The Morgan fingerprint density at radius 3 is 2.83 bits per heavy atom. The summed E-state index contributed by atoms with van der Waals surface area (Å²) in [5.41, 5.74) is 0.517. The van der Waals surface area contributed by atoms with Gasteiger partial charge in [-0.1, -0.05) is 11.6 Å². The molecule has 0 fully saturated rings. The van der Waals surface area contributed by atoms with E-state index in [-0.39, 0.29) is 18.3 Å². The molecule has 1 aromatic heterocycles. The molecule has 0 aliphatic rings. The Morgan fingerprint density at radius 1 is 1.39 bits per heavy atom. The molecule has 0 aliphatic heterocycles. The summed E-state index contributed by atoms with van der Waals surface area (Å²) in [5, 5.41) is 9.43. The third-order valence-corrected chi connectivity index (χ3v) is 3.14. The Bertz CT molecular complexity index is 580. The quantitative estimate of drug-likeness (QED) is 0.926. The average molecular weight is 333 g/mol.